The van der Waals surface area contributed by atoms with Crippen LogP contribution in [-0.2, 0) is 4.74 Å². The molecule has 0 radical (unpaired) electrons. The Morgan fingerprint density at radius 3 is 2.50 bits per heavy atom. The Labute approximate surface area is 118 Å². The van der Waals surface area contributed by atoms with E-state index in [0.29, 0.717) is 31.0 Å². The lowest BCUT2D eigenvalue weighted by molar-refractivity contribution is 0.0963. The lowest BCUT2D eigenvalue weighted by Crippen LogP contribution is -2.30. The van der Waals surface area contributed by atoms with Crippen molar-refractivity contribution in [3.05, 3.63) is 29.8 Å². The quantitative estimate of drug-likeness (QED) is 0.663. The molecule has 3 amide bonds. The highest BCUT2D eigenvalue weighted by Crippen LogP contribution is 2.09. The van der Waals surface area contributed by atoms with E-state index in [0.717, 1.165) is 6.42 Å². The molecule has 1 rings (SSSR count). The van der Waals surface area contributed by atoms with E-state index in [1.54, 1.807) is 31.3 Å². The maximum absolute atomic E-state index is 11.6. The maximum atomic E-state index is 11.6. The second-order valence-electron chi connectivity index (χ2n) is 4.09. The predicted octanol–water partition coefficient (Wildman–Crippen LogP) is 1.59. The van der Waals surface area contributed by atoms with Crippen LogP contribution in [0.25, 0.3) is 0 Å². The van der Waals surface area contributed by atoms with Crippen LogP contribution in [0.4, 0.5) is 10.5 Å². The van der Waals surface area contributed by atoms with E-state index in [4.69, 9.17) is 4.74 Å². The maximum Gasteiger partial charge on any atom is 0.319 e. The van der Waals surface area contributed by atoms with Gasteiger partial charge in [-0.25, -0.2) is 4.79 Å². The fourth-order valence-corrected chi connectivity index (χ4v) is 1.55. The number of ether oxygens (including phenoxy) is 1. The van der Waals surface area contributed by atoms with Gasteiger partial charge in [0.1, 0.15) is 0 Å². The number of amides is 3. The molecule has 1 aromatic rings. The van der Waals surface area contributed by atoms with Crippen molar-refractivity contribution >= 4 is 17.6 Å². The summed E-state index contributed by atoms with van der Waals surface area (Å²) in [6.45, 7) is 3.81. The zero-order chi connectivity index (χ0) is 14.8. The Bertz CT molecular complexity index is 432. The van der Waals surface area contributed by atoms with Crippen molar-refractivity contribution in [2.24, 2.45) is 0 Å². The average Bonchev–Trinajstić information content (AvgIpc) is 2.47. The van der Waals surface area contributed by atoms with E-state index >= 15 is 0 Å². The van der Waals surface area contributed by atoms with Crippen molar-refractivity contribution < 1.29 is 14.3 Å². The molecule has 0 heterocycles. The van der Waals surface area contributed by atoms with Gasteiger partial charge in [0.15, 0.2) is 0 Å². The Kier molecular flexibility index (Phi) is 7.13. The number of benzene rings is 1. The van der Waals surface area contributed by atoms with Crippen molar-refractivity contribution in [2.45, 2.75) is 13.3 Å². The van der Waals surface area contributed by atoms with Crippen LogP contribution in [0.1, 0.15) is 23.7 Å². The molecule has 1 aromatic carbocycles. The van der Waals surface area contributed by atoms with Gasteiger partial charge >= 0.3 is 6.03 Å². The molecule has 0 aliphatic heterocycles. The molecule has 0 aromatic heterocycles. The van der Waals surface area contributed by atoms with Crippen LogP contribution >= 0.6 is 0 Å². The normalized spacial score (nSPS) is 9.90. The molecular weight excluding hydrogens is 258 g/mol. The van der Waals surface area contributed by atoms with E-state index < -0.39 is 0 Å². The largest absolute Gasteiger partial charge is 0.382 e. The van der Waals surface area contributed by atoms with Crippen molar-refractivity contribution in [1.29, 1.82) is 0 Å². The van der Waals surface area contributed by atoms with E-state index in [-0.39, 0.29) is 11.9 Å². The van der Waals surface area contributed by atoms with Gasteiger partial charge in [-0.2, -0.15) is 0 Å². The molecule has 0 aliphatic carbocycles. The molecule has 0 saturated carbocycles. The van der Waals surface area contributed by atoms with Gasteiger partial charge in [0.2, 0.25) is 0 Å². The minimum Gasteiger partial charge on any atom is -0.382 e. The molecule has 110 valence electrons. The highest BCUT2D eigenvalue weighted by Gasteiger charge is 2.04. The Morgan fingerprint density at radius 1 is 1.20 bits per heavy atom. The van der Waals surface area contributed by atoms with Crippen molar-refractivity contribution in [1.82, 2.24) is 10.6 Å². The van der Waals surface area contributed by atoms with Gasteiger partial charge in [0.05, 0.1) is 0 Å². The van der Waals surface area contributed by atoms with Crippen LogP contribution in [0.15, 0.2) is 24.3 Å². The Morgan fingerprint density at radius 2 is 1.90 bits per heavy atom. The summed E-state index contributed by atoms with van der Waals surface area (Å²) < 4.78 is 5.17. The third kappa shape index (κ3) is 5.71. The summed E-state index contributed by atoms with van der Waals surface area (Å²) in [7, 11) is 1.57. The molecule has 3 N–H and O–H groups in total. The van der Waals surface area contributed by atoms with Crippen LogP contribution in [0.2, 0.25) is 0 Å². The van der Waals surface area contributed by atoms with Gasteiger partial charge in [0, 0.05) is 38.1 Å². The highest BCUT2D eigenvalue weighted by molar-refractivity contribution is 5.95. The first-order valence-corrected chi connectivity index (χ1v) is 6.62. The lowest BCUT2D eigenvalue weighted by Gasteiger charge is -2.08. The topological polar surface area (TPSA) is 79.5 Å². The lowest BCUT2D eigenvalue weighted by atomic mass is 10.2. The monoisotopic (exact) mass is 279 g/mol. The minimum atomic E-state index is -0.269. The fraction of sp³-hybridized carbons (Fsp3) is 0.429. The molecule has 20 heavy (non-hydrogen) atoms. The third-order valence-corrected chi connectivity index (χ3v) is 2.59. The summed E-state index contributed by atoms with van der Waals surface area (Å²) in [6, 6.07) is 6.41. The summed E-state index contributed by atoms with van der Waals surface area (Å²) >= 11 is 0. The van der Waals surface area contributed by atoms with Gasteiger partial charge in [0.25, 0.3) is 5.91 Å². The Balaban J connectivity index is 2.33. The van der Waals surface area contributed by atoms with Crippen molar-refractivity contribution in [3.63, 3.8) is 0 Å². The number of carbonyl (C=O) groups excluding carboxylic acids is 2. The molecular formula is C14H21N3O3. The van der Waals surface area contributed by atoms with Crippen molar-refractivity contribution in [2.75, 3.05) is 32.1 Å². The molecule has 0 fully saturated rings. The zero-order valence-corrected chi connectivity index (χ0v) is 11.9. The molecule has 0 unspecified atom stereocenters. The second-order valence-corrected chi connectivity index (χ2v) is 4.09. The average molecular weight is 279 g/mol. The number of hydrogen-bond donors (Lipinski definition) is 3. The van der Waals surface area contributed by atoms with E-state index in [1.807, 2.05) is 6.92 Å². The standard InChI is InChI=1S/C14H21N3O3/c1-3-20-10-4-9-16-14(19)17-12-7-5-11(6-8-12)13(18)15-2/h5-8H,3-4,9-10H2,1-2H3,(H,15,18)(H2,16,17,19). The van der Waals surface area contributed by atoms with Gasteiger partial charge < -0.3 is 20.7 Å². The highest BCUT2D eigenvalue weighted by atomic mass is 16.5. The number of carbonyl (C=O) groups is 2. The summed E-state index contributed by atoms with van der Waals surface area (Å²) in [4.78, 5) is 22.9. The second kappa shape index (κ2) is 8.92. The summed E-state index contributed by atoms with van der Waals surface area (Å²) in [5.41, 5.74) is 1.19. The molecule has 0 aliphatic rings. The molecule has 0 bridgehead atoms. The van der Waals surface area contributed by atoms with E-state index in [9.17, 15) is 9.59 Å². The molecule has 6 heteroatoms. The van der Waals surface area contributed by atoms with Crippen LogP contribution in [0.5, 0.6) is 0 Å². The summed E-state index contributed by atoms with van der Waals surface area (Å²) in [5, 5.41) is 7.96. The van der Waals surface area contributed by atoms with Crippen molar-refractivity contribution in [3.8, 4) is 0 Å². The SMILES string of the molecule is CCOCCCNC(=O)Nc1ccc(C(=O)NC)cc1. The molecule has 0 saturated heterocycles. The van der Waals surface area contributed by atoms with Gasteiger partial charge in [-0.05, 0) is 37.6 Å². The first kappa shape index (κ1) is 16.0. The first-order chi connectivity index (χ1) is 9.67. The van der Waals surface area contributed by atoms with Gasteiger partial charge in [-0.15, -0.1) is 0 Å². The smallest absolute Gasteiger partial charge is 0.319 e. The number of urea groups is 1. The van der Waals surface area contributed by atoms with E-state index in [1.165, 1.54) is 0 Å². The Hall–Kier alpha value is -2.08. The zero-order valence-electron chi connectivity index (χ0n) is 11.9. The van der Waals surface area contributed by atoms with Gasteiger partial charge in [-0.3, -0.25) is 4.79 Å². The first-order valence-electron chi connectivity index (χ1n) is 6.62. The summed E-state index contributed by atoms with van der Waals surface area (Å²) in [6.07, 6.45) is 0.775. The molecule has 0 atom stereocenters. The van der Waals surface area contributed by atoms with Crippen LogP contribution in [0, 0.1) is 0 Å². The minimum absolute atomic E-state index is 0.156. The number of rotatable bonds is 7. The molecule has 0 spiro atoms. The number of anilines is 1. The molecule has 6 nitrogen and oxygen atoms in total. The van der Waals surface area contributed by atoms with Crippen LogP contribution in [0.3, 0.4) is 0 Å². The number of nitrogens with one attached hydrogen (secondary N) is 3. The van der Waals surface area contributed by atoms with E-state index in [2.05, 4.69) is 16.0 Å². The fourth-order valence-electron chi connectivity index (χ4n) is 1.55. The van der Waals surface area contributed by atoms with Crippen LogP contribution in [-0.4, -0.2) is 38.7 Å². The predicted molar refractivity (Wildman–Crippen MR) is 78.0 cm³/mol. The van der Waals surface area contributed by atoms with Crippen LogP contribution < -0.4 is 16.0 Å². The summed E-state index contributed by atoms with van der Waals surface area (Å²) in [5.74, 6) is -0.156. The third-order valence-electron chi connectivity index (χ3n) is 2.59. The van der Waals surface area contributed by atoms with Gasteiger partial charge in [-0.1, -0.05) is 0 Å². The number of hydrogen-bond acceptors (Lipinski definition) is 3.